The molecule has 1 aromatic rings. The molecule has 1 rings (SSSR count). The summed E-state index contributed by atoms with van der Waals surface area (Å²) in [7, 11) is 3.15. The number of hydrogen-bond donors (Lipinski definition) is 1. The number of methoxy groups -OCH3 is 2. The lowest BCUT2D eigenvalue weighted by Crippen LogP contribution is -2.23. The maximum atomic E-state index is 4.95. The second kappa shape index (κ2) is 4.74. The summed E-state index contributed by atoms with van der Waals surface area (Å²) in [6.45, 7) is 0. The lowest BCUT2D eigenvalue weighted by atomic mass is 10.3. The van der Waals surface area contributed by atoms with Crippen molar-refractivity contribution in [1.82, 2.24) is 0 Å². The van der Waals surface area contributed by atoms with Crippen LogP contribution in [0.3, 0.4) is 0 Å². The molecule has 0 spiro atoms. The van der Waals surface area contributed by atoms with Crippen molar-refractivity contribution < 1.29 is 9.47 Å². The van der Waals surface area contributed by atoms with Gasteiger partial charge in [0.25, 0.3) is 0 Å². The highest BCUT2D eigenvalue weighted by molar-refractivity contribution is 5.41. The van der Waals surface area contributed by atoms with Crippen LogP contribution in [0.25, 0.3) is 0 Å². The maximum absolute atomic E-state index is 4.95. The van der Waals surface area contributed by atoms with Crippen LogP contribution in [0, 0.1) is 6.07 Å². The van der Waals surface area contributed by atoms with Gasteiger partial charge in [0.15, 0.2) is 0 Å². The molecule has 0 saturated heterocycles. The molecule has 0 aliphatic heterocycles. The minimum Gasteiger partial charge on any atom is -0.339 e. The SMILES string of the molecule is COC(Nc1[c]cccc1)OC. The van der Waals surface area contributed by atoms with E-state index in [0.29, 0.717) is 0 Å². The van der Waals surface area contributed by atoms with Gasteiger partial charge in [-0.25, -0.2) is 0 Å². The van der Waals surface area contributed by atoms with Crippen molar-refractivity contribution in [2.45, 2.75) is 6.41 Å². The summed E-state index contributed by atoms with van der Waals surface area (Å²) >= 11 is 0. The number of nitrogens with one attached hydrogen (secondary N) is 1. The lowest BCUT2D eigenvalue weighted by Gasteiger charge is -2.15. The summed E-state index contributed by atoms with van der Waals surface area (Å²) in [6, 6.07) is 10.5. The lowest BCUT2D eigenvalue weighted by molar-refractivity contribution is -0.0808. The molecule has 0 unspecified atom stereocenters. The second-order valence-electron chi connectivity index (χ2n) is 2.22. The fraction of sp³-hybridized carbons (Fsp3) is 0.333. The third kappa shape index (κ3) is 2.53. The van der Waals surface area contributed by atoms with Gasteiger partial charge in [0, 0.05) is 26.0 Å². The Morgan fingerprint density at radius 2 is 2.08 bits per heavy atom. The summed E-state index contributed by atoms with van der Waals surface area (Å²) in [5, 5.41) is 2.98. The van der Waals surface area contributed by atoms with Crippen LogP contribution in [0.2, 0.25) is 0 Å². The van der Waals surface area contributed by atoms with Crippen LogP contribution < -0.4 is 5.32 Å². The normalized spacial score (nSPS) is 10.2. The van der Waals surface area contributed by atoms with E-state index in [1.165, 1.54) is 0 Å². The van der Waals surface area contributed by atoms with Crippen LogP contribution >= 0.6 is 0 Å². The molecule has 0 aliphatic rings. The van der Waals surface area contributed by atoms with Crippen molar-refractivity contribution in [3.05, 3.63) is 30.3 Å². The Labute approximate surface area is 72.3 Å². The van der Waals surface area contributed by atoms with E-state index in [1.54, 1.807) is 14.2 Å². The van der Waals surface area contributed by atoms with Crippen LogP contribution in [0.5, 0.6) is 0 Å². The molecule has 0 amide bonds. The van der Waals surface area contributed by atoms with Crippen molar-refractivity contribution >= 4 is 5.69 Å². The summed E-state index contributed by atoms with van der Waals surface area (Å²) < 4.78 is 9.90. The van der Waals surface area contributed by atoms with Crippen molar-refractivity contribution in [2.75, 3.05) is 19.5 Å². The Balaban J connectivity index is 2.51. The molecular weight excluding hydrogens is 154 g/mol. The summed E-state index contributed by atoms with van der Waals surface area (Å²) in [5.74, 6) is 0. The van der Waals surface area contributed by atoms with E-state index in [2.05, 4.69) is 11.4 Å². The minimum atomic E-state index is -0.413. The van der Waals surface area contributed by atoms with E-state index in [-0.39, 0.29) is 0 Å². The van der Waals surface area contributed by atoms with Gasteiger partial charge < -0.3 is 14.8 Å². The Morgan fingerprint density at radius 3 is 2.58 bits per heavy atom. The fourth-order valence-electron chi connectivity index (χ4n) is 0.824. The second-order valence-corrected chi connectivity index (χ2v) is 2.22. The molecule has 0 heterocycles. The summed E-state index contributed by atoms with van der Waals surface area (Å²) in [5.41, 5.74) is 0.853. The van der Waals surface area contributed by atoms with Gasteiger partial charge in [-0.05, 0) is 6.07 Å². The number of para-hydroxylation sites is 1. The van der Waals surface area contributed by atoms with Crippen molar-refractivity contribution in [2.24, 2.45) is 0 Å². The number of benzene rings is 1. The summed E-state index contributed by atoms with van der Waals surface area (Å²) in [4.78, 5) is 0. The standard InChI is InChI=1S/C9H12NO2/c1-11-9(12-2)10-8-6-4-3-5-7-8/h3-6,9-10H,1-2H3. The predicted molar refractivity (Wildman–Crippen MR) is 46.7 cm³/mol. The molecule has 3 nitrogen and oxygen atoms in total. The van der Waals surface area contributed by atoms with Crippen LogP contribution in [0.15, 0.2) is 24.3 Å². The Morgan fingerprint density at radius 1 is 1.33 bits per heavy atom. The quantitative estimate of drug-likeness (QED) is 0.687. The zero-order valence-electron chi connectivity index (χ0n) is 7.20. The van der Waals surface area contributed by atoms with Gasteiger partial charge in [-0.15, -0.1) is 0 Å². The first-order chi connectivity index (χ1) is 5.86. The Kier molecular flexibility index (Phi) is 3.57. The molecule has 0 saturated carbocycles. The van der Waals surface area contributed by atoms with E-state index in [4.69, 9.17) is 9.47 Å². The molecule has 0 bridgehead atoms. The molecular formula is C9H12NO2. The van der Waals surface area contributed by atoms with E-state index in [0.717, 1.165) is 5.69 Å². The molecule has 0 aliphatic carbocycles. The van der Waals surface area contributed by atoms with E-state index in [1.807, 2.05) is 24.3 Å². The number of hydrogen-bond acceptors (Lipinski definition) is 3. The Bertz CT molecular complexity index is 209. The van der Waals surface area contributed by atoms with Gasteiger partial charge in [0.2, 0.25) is 6.41 Å². The van der Waals surface area contributed by atoms with Gasteiger partial charge in [-0.1, -0.05) is 18.2 Å². The molecule has 1 aromatic carbocycles. The highest BCUT2D eigenvalue weighted by Crippen LogP contribution is 2.06. The van der Waals surface area contributed by atoms with Crippen molar-refractivity contribution in [1.29, 1.82) is 0 Å². The van der Waals surface area contributed by atoms with Crippen LogP contribution in [-0.4, -0.2) is 20.6 Å². The molecule has 0 atom stereocenters. The van der Waals surface area contributed by atoms with E-state index in [9.17, 15) is 0 Å². The minimum absolute atomic E-state index is 0.413. The van der Waals surface area contributed by atoms with Crippen molar-refractivity contribution in [3.8, 4) is 0 Å². The van der Waals surface area contributed by atoms with Crippen LogP contribution in [0.1, 0.15) is 0 Å². The third-order valence-corrected chi connectivity index (χ3v) is 1.41. The molecule has 12 heavy (non-hydrogen) atoms. The maximum Gasteiger partial charge on any atom is 0.237 e. The number of rotatable bonds is 4. The first-order valence-electron chi connectivity index (χ1n) is 3.65. The van der Waals surface area contributed by atoms with Gasteiger partial charge in [-0.2, -0.15) is 0 Å². The topological polar surface area (TPSA) is 30.5 Å². The van der Waals surface area contributed by atoms with Gasteiger partial charge in [0.05, 0.1) is 0 Å². The highest BCUT2D eigenvalue weighted by Gasteiger charge is 2.02. The predicted octanol–water partition coefficient (Wildman–Crippen LogP) is 1.48. The average Bonchev–Trinajstić information content (AvgIpc) is 2.16. The molecule has 1 N–H and O–H groups in total. The molecule has 3 heteroatoms. The average molecular weight is 166 g/mol. The first kappa shape index (κ1) is 9.03. The zero-order chi connectivity index (χ0) is 8.81. The van der Waals surface area contributed by atoms with Gasteiger partial charge >= 0.3 is 0 Å². The van der Waals surface area contributed by atoms with Crippen molar-refractivity contribution in [3.63, 3.8) is 0 Å². The highest BCUT2D eigenvalue weighted by atomic mass is 16.7. The first-order valence-corrected chi connectivity index (χ1v) is 3.65. The largest absolute Gasteiger partial charge is 0.339 e. The van der Waals surface area contributed by atoms with E-state index < -0.39 is 6.41 Å². The molecule has 1 radical (unpaired) electrons. The monoisotopic (exact) mass is 166 g/mol. The smallest absolute Gasteiger partial charge is 0.237 e. The van der Waals surface area contributed by atoms with Crippen LogP contribution in [0.4, 0.5) is 5.69 Å². The molecule has 65 valence electrons. The van der Waals surface area contributed by atoms with Crippen LogP contribution in [-0.2, 0) is 9.47 Å². The summed E-state index contributed by atoms with van der Waals surface area (Å²) in [6.07, 6.45) is -0.413. The van der Waals surface area contributed by atoms with E-state index >= 15 is 0 Å². The molecule has 0 fully saturated rings. The molecule has 0 aromatic heterocycles. The number of ether oxygens (including phenoxy) is 2. The van der Waals surface area contributed by atoms with Gasteiger partial charge in [-0.3, -0.25) is 0 Å². The zero-order valence-corrected chi connectivity index (χ0v) is 7.20. The van der Waals surface area contributed by atoms with Gasteiger partial charge in [0.1, 0.15) is 0 Å². The fourth-order valence-corrected chi connectivity index (χ4v) is 0.824. The Hall–Kier alpha value is -1.06. The third-order valence-electron chi connectivity index (χ3n) is 1.41. The number of anilines is 1.